The SMILES string of the molecule is CCS(=O)(=O)N1CCC(C(=O)N2CCC2)(n2cccn2)CC1. The van der Waals surface area contributed by atoms with E-state index in [1.54, 1.807) is 23.9 Å². The van der Waals surface area contributed by atoms with Crippen molar-refractivity contribution in [3.63, 3.8) is 0 Å². The molecule has 8 heteroatoms. The van der Waals surface area contributed by atoms with E-state index in [1.165, 1.54) is 4.31 Å². The van der Waals surface area contributed by atoms with E-state index in [4.69, 9.17) is 0 Å². The van der Waals surface area contributed by atoms with Crippen molar-refractivity contribution < 1.29 is 13.2 Å². The number of carbonyl (C=O) groups excluding carboxylic acids is 1. The molecule has 0 radical (unpaired) electrons. The van der Waals surface area contributed by atoms with Crippen LogP contribution in [-0.2, 0) is 20.4 Å². The average Bonchev–Trinajstić information content (AvgIpc) is 3.00. The number of hydrogen-bond acceptors (Lipinski definition) is 4. The molecule has 2 saturated heterocycles. The molecule has 7 nitrogen and oxygen atoms in total. The quantitative estimate of drug-likeness (QED) is 0.795. The van der Waals surface area contributed by atoms with Crippen molar-refractivity contribution in [2.45, 2.75) is 31.7 Å². The van der Waals surface area contributed by atoms with Gasteiger partial charge in [-0.1, -0.05) is 0 Å². The van der Waals surface area contributed by atoms with E-state index in [9.17, 15) is 13.2 Å². The fourth-order valence-corrected chi connectivity index (χ4v) is 4.30. The molecule has 1 amide bonds. The Morgan fingerprint density at radius 3 is 2.36 bits per heavy atom. The molecule has 0 unspecified atom stereocenters. The topological polar surface area (TPSA) is 75.5 Å². The van der Waals surface area contributed by atoms with E-state index in [1.807, 2.05) is 11.1 Å². The van der Waals surface area contributed by atoms with Gasteiger partial charge in [0.25, 0.3) is 5.91 Å². The zero-order chi connectivity index (χ0) is 15.8. The van der Waals surface area contributed by atoms with Crippen LogP contribution in [0.25, 0.3) is 0 Å². The van der Waals surface area contributed by atoms with Crippen molar-refractivity contribution in [2.24, 2.45) is 0 Å². The van der Waals surface area contributed by atoms with Gasteiger partial charge in [0.2, 0.25) is 10.0 Å². The summed E-state index contributed by atoms with van der Waals surface area (Å²) in [5, 5.41) is 4.28. The standard InChI is InChI=1S/C14H22N4O3S/c1-2-22(20,21)17-11-5-14(6-12-17,18-10-3-7-15-18)13(19)16-8-4-9-16/h3,7,10H,2,4-6,8-9,11-12H2,1H3. The molecule has 2 aliphatic heterocycles. The predicted molar refractivity (Wildman–Crippen MR) is 81.7 cm³/mol. The summed E-state index contributed by atoms with van der Waals surface area (Å²) in [6, 6.07) is 1.81. The number of amides is 1. The van der Waals surface area contributed by atoms with E-state index in [2.05, 4.69) is 5.10 Å². The Kier molecular flexibility index (Phi) is 3.98. The van der Waals surface area contributed by atoms with E-state index in [0.29, 0.717) is 25.9 Å². The second kappa shape index (κ2) is 5.66. The predicted octanol–water partition coefficient (Wildman–Crippen LogP) is 0.256. The van der Waals surface area contributed by atoms with Crippen LogP contribution in [0, 0.1) is 0 Å². The van der Waals surface area contributed by atoms with E-state index < -0.39 is 15.6 Å². The van der Waals surface area contributed by atoms with Crippen molar-refractivity contribution in [3.8, 4) is 0 Å². The van der Waals surface area contributed by atoms with Crippen LogP contribution < -0.4 is 0 Å². The number of aromatic nitrogens is 2. The molecular weight excluding hydrogens is 304 g/mol. The number of rotatable bonds is 4. The van der Waals surface area contributed by atoms with Gasteiger partial charge in [0.05, 0.1) is 5.75 Å². The minimum absolute atomic E-state index is 0.0796. The second-order valence-corrected chi connectivity index (χ2v) is 8.19. The lowest BCUT2D eigenvalue weighted by molar-refractivity contribution is -0.147. The number of carbonyl (C=O) groups is 1. The molecule has 0 N–H and O–H groups in total. The molecule has 0 bridgehead atoms. The van der Waals surface area contributed by atoms with Crippen LogP contribution in [0.15, 0.2) is 18.5 Å². The number of piperidine rings is 1. The van der Waals surface area contributed by atoms with Crippen LogP contribution in [0.3, 0.4) is 0 Å². The molecule has 3 heterocycles. The van der Waals surface area contributed by atoms with Crippen LogP contribution in [0.1, 0.15) is 26.2 Å². The first-order valence-electron chi connectivity index (χ1n) is 7.77. The lowest BCUT2D eigenvalue weighted by Gasteiger charge is -2.45. The maximum Gasteiger partial charge on any atom is 0.250 e. The molecular formula is C14H22N4O3S. The Morgan fingerprint density at radius 2 is 1.91 bits per heavy atom. The maximum atomic E-state index is 12.9. The van der Waals surface area contributed by atoms with Crippen LogP contribution >= 0.6 is 0 Å². The third-order valence-electron chi connectivity index (χ3n) is 4.79. The smallest absolute Gasteiger partial charge is 0.250 e. The van der Waals surface area contributed by atoms with E-state index in [0.717, 1.165) is 19.5 Å². The summed E-state index contributed by atoms with van der Waals surface area (Å²) >= 11 is 0. The minimum atomic E-state index is -3.20. The summed E-state index contributed by atoms with van der Waals surface area (Å²) in [4.78, 5) is 14.8. The maximum absolute atomic E-state index is 12.9. The molecule has 1 aromatic rings. The van der Waals surface area contributed by atoms with Crippen LogP contribution in [0.5, 0.6) is 0 Å². The highest BCUT2D eigenvalue weighted by Gasteiger charge is 2.48. The van der Waals surface area contributed by atoms with Gasteiger partial charge in [-0.05, 0) is 32.3 Å². The Hall–Kier alpha value is -1.41. The summed E-state index contributed by atoms with van der Waals surface area (Å²) in [7, 11) is -3.20. The van der Waals surface area contributed by atoms with E-state index >= 15 is 0 Å². The van der Waals surface area contributed by atoms with Gasteiger partial charge in [-0.3, -0.25) is 9.48 Å². The fraction of sp³-hybridized carbons (Fsp3) is 0.714. The molecule has 0 atom stereocenters. The first-order valence-corrected chi connectivity index (χ1v) is 9.38. The number of hydrogen-bond donors (Lipinski definition) is 0. The van der Waals surface area contributed by atoms with Crippen molar-refractivity contribution in [1.29, 1.82) is 0 Å². The summed E-state index contributed by atoms with van der Waals surface area (Å²) in [6.45, 7) is 3.97. The molecule has 0 saturated carbocycles. The number of nitrogens with zero attached hydrogens (tertiary/aromatic N) is 4. The van der Waals surface area contributed by atoms with E-state index in [-0.39, 0.29) is 11.7 Å². The van der Waals surface area contributed by atoms with Crippen LogP contribution in [-0.4, -0.2) is 65.2 Å². The van der Waals surface area contributed by atoms with Gasteiger partial charge in [-0.15, -0.1) is 0 Å². The van der Waals surface area contributed by atoms with Crippen molar-refractivity contribution in [1.82, 2.24) is 19.0 Å². The first-order chi connectivity index (χ1) is 10.5. The Labute approximate surface area is 130 Å². The van der Waals surface area contributed by atoms with Gasteiger partial charge in [0.15, 0.2) is 0 Å². The molecule has 2 fully saturated rings. The van der Waals surface area contributed by atoms with Crippen molar-refractivity contribution >= 4 is 15.9 Å². The third-order valence-corrected chi connectivity index (χ3v) is 6.67. The largest absolute Gasteiger partial charge is 0.340 e. The second-order valence-electron chi connectivity index (χ2n) is 5.93. The Morgan fingerprint density at radius 1 is 1.23 bits per heavy atom. The highest BCUT2D eigenvalue weighted by atomic mass is 32.2. The first kappa shape index (κ1) is 15.5. The zero-order valence-electron chi connectivity index (χ0n) is 12.8. The molecule has 1 aromatic heterocycles. The van der Waals surface area contributed by atoms with Gasteiger partial charge in [0, 0.05) is 38.6 Å². The molecule has 0 spiro atoms. The third kappa shape index (κ3) is 2.44. The summed E-state index contributed by atoms with van der Waals surface area (Å²) in [5.41, 5.74) is -0.732. The van der Waals surface area contributed by atoms with Gasteiger partial charge in [-0.2, -0.15) is 5.10 Å². The lowest BCUT2D eigenvalue weighted by atomic mass is 9.86. The van der Waals surface area contributed by atoms with Gasteiger partial charge in [0.1, 0.15) is 5.54 Å². The molecule has 22 heavy (non-hydrogen) atoms. The van der Waals surface area contributed by atoms with Crippen molar-refractivity contribution in [2.75, 3.05) is 31.9 Å². The summed E-state index contributed by atoms with van der Waals surface area (Å²) in [6.07, 6.45) is 5.46. The lowest BCUT2D eigenvalue weighted by Crippen LogP contribution is -2.59. The molecule has 0 aliphatic carbocycles. The monoisotopic (exact) mass is 326 g/mol. The molecule has 3 rings (SSSR count). The van der Waals surface area contributed by atoms with Gasteiger partial charge >= 0.3 is 0 Å². The molecule has 122 valence electrons. The van der Waals surface area contributed by atoms with Crippen LogP contribution in [0.2, 0.25) is 0 Å². The minimum Gasteiger partial charge on any atom is -0.340 e. The molecule has 0 aromatic carbocycles. The number of sulfonamides is 1. The Bertz CT molecular complexity index is 629. The normalized spacial score (nSPS) is 22.3. The average molecular weight is 326 g/mol. The molecule has 2 aliphatic rings. The Balaban J connectivity index is 1.85. The fourth-order valence-electron chi connectivity index (χ4n) is 3.19. The highest BCUT2D eigenvalue weighted by Crippen LogP contribution is 2.34. The zero-order valence-corrected chi connectivity index (χ0v) is 13.6. The number of likely N-dealkylation sites (tertiary alicyclic amines) is 1. The van der Waals surface area contributed by atoms with Crippen molar-refractivity contribution in [3.05, 3.63) is 18.5 Å². The van der Waals surface area contributed by atoms with Crippen LogP contribution in [0.4, 0.5) is 0 Å². The summed E-state index contributed by atoms with van der Waals surface area (Å²) in [5.74, 6) is 0.179. The summed E-state index contributed by atoms with van der Waals surface area (Å²) < 4.78 is 27.3. The highest BCUT2D eigenvalue weighted by molar-refractivity contribution is 7.89. The van der Waals surface area contributed by atoms with Gasteiger partial charge in [-0.25, -0.2) is 12.7 Å². The van der Waals surface area contributed by atoms with Gasteiger partial charge < -0.3 is 4.90 Å².